The zero-order chi connectivity index (χ0) is 17.2. The average molecular weight is 323 g/mol. The summed E-state index contributed by atoms with van der Waals surface area (Å²) >= 11 is 0. The number of nitrogens with one attached hydrogen (secondary N) is 1. The lowest BCUT2D eigenvalue weighted by molar-refractivity contribution is -0.117. The molecule has 2 aromatic rings. The van der Waals surface area contributed by atoms with Crippen LogP contribution in [0.25, 0.3) is 5.69 Å². The summed E-state index contributed by atoms with van der Waals surface area (Å²) in [6.07, 6.45) is 12.2. The molecule has 1 amide bonds. The van der Waals surface area contributed by atoms with Crippen LogP contribution in [0.5, 0.6) is 0 Å². The maximum atomic E-state index is 12.2. The number of amides is 1. The van der Waals surface area contributed by atoms with Crippen LogP contribution in [-0.4, -0.2) is 22.8 Å². The summed E-state index contributed by atoms with van der Waals surface area (Å²) in [6, 6.07) is 9.77. The van der Waals surface area contributed by atoms with Crippen molar-refractivity contribution in [1.82, 2.24) is 15.1 Å². The molecule has 0 aliphatic heterocycles. The Kier molecular flexibility index (Phi) is 6.58. The van der Waals surface area contributed by atoms with Crippen LogP contribution in [0.3, 0.4) is 0 Å². The van der Waals surface area contributed by atoms with E-state index < -0.39 is 0 Å². The largest absolute Gasteiger partial charge is 0.504 e. The molecular weight excluding hydrogens is 302 g/mol. The van der Waals surface area contributed by atoms with Crippen LogP contribution in [-0.2, 0) is 16.1 Å². The fraction of sp³-hybridized carbons (Fsp3) is 0.158. The predicted molar refractivity (Wildman–Crippen MR) is 94.5 cm³/mol. The van der Waals surface area contributed by atoms with Gasteiger partial charge in [0.1, 0.15) is 0 Å². The van der Waals surface area contributed by atoms with Crippen molar-refractivity contribution in [2.24, 2.45) is 0 Å². The molecule has 0 bridgehead atoms. The highest BCUT2D eigenvalue weighted by Gasteiger charge is 2.05. The lowest BCUT2D eigenvalue weighted by Crippen LogP contribution is -2.23. The monoisotopic (exact) mass is 323 g/mol. The highest BCUT2D eigenvalue weighted by molar-refractivity contribution is 5.96. The van der Waals surface area contributed by atoms with Gasteiger partial charge in [-0.05, 0) is 42.8 Å². The number of carbonyl (C=O) groups excluding carboxylic acids is 1. The topological polar surface area (TPSA) is 56.1 Å². The van der Waals surface area contributed by atoms with Crippen molar-refractivity contribution in [3.05, 3.63) is 84.4 Å². The van der Waals surface area contributed by atoms with Gasteiger partial charge in [-0.15, -0.1) is 0 Å². The molecule has 5 heteroatoms. The van der Waals surface area contributed by atoms with Gasteiger partial charge >= 0.3 is 0 Å². The van der Waals surface area contributed by atoms with E-state index in [1.54, 1.807) is 48.6 Å². The number of aromatic nitrogens is 2. The number of hydrogen-bond donors (Lipinski definition) is 1. The molecule has 0 fully saturated rings. The number of ether oxygens (including phenoxy) is 1. The summed E-state index contributed by atoms with van der Waals surface area (Å²) in [4.78, 5) is 12.2. The Morgan fingerprint density at radius 3 is 2.71 bits per heavy atom. The van der Waals surface area contributed by atoms with Crippen LogP contribution in [0.1, 0.15) is 12.5 Å². The van der Waals surface area contributed by atoms with Crippen molar-refractivity contribution in [2.75, 3.05) is 7.11 Å². The Labute approximate surface area is 142 Å². The smallest absolute Gasteiger partial charge is 0.251 e. The number of methoxy groups -OCH3 is 1. The molecule has 5 nitrogen and oxygen atoms in total. The first kappa shape index (κ1) is 17.3. The zero-order valence-corrected chi connectivity index (χ0v) is 13.8. The van der Waals surface area contributed by atoms with E-state index in [4.69, 9.17) is 4.74 Å². The average Bonchev–Trinajstić information content (AvgIpc) is 3.15. The third-order valence-electron chi connectivity index (χ3n) is 3.33. The van der Waals surface area contributed by atoms with Gasteiger partial charge in [-0.3, -0.25) is 4.79 Å². The van der Waals surface area contributed by atoms with Gasteiger partial charge in [0.2, 0.25) is 0 Å². The molecule has 1 aromatic carbocycles. The summed E-state index contributed by atoms with van der Waals surface area (Å²) in [6.45, 7) is 2.30. The van der Waals surface area contributed by atoms with Crippen LogP contribution in [0.15, 0.2) is 78.9 Å². The van der Waals surface area contributed by atoms with E-state index in [2.05, 4.69) is 10.4 Å². The first-order valence-electron chi connectivity index (χ1n) is 7.64. The molecule has 1 N–H and O–H groups in total. The second-order valence-electron chi connectivity index (χ2n) is 4.97. The summed E-state index contributed by atoms with van der Waals surface area (Å²) in [5, 5.41) is 7.09. The molecule has 0 radical (unpaired) electrons. The second-order valence-corrected chi connectivity index (χ2v) is 4.97. The lowest BCUT2D eigenvalue weighted by Gasteiger charge is -2.07. The molecule has 1 aromatic heterocycles. The molecule has 0 unspecified atom stereocenters. The van der Waals surface area contributed by atoms with Crippen LogP contribution in [0, 0.1) is 0 Å². The molecule has 0 spiro atoms. The third kappa shape index (κ3) is 4.98. The van der Waals surface area contributed by atoms with E-state index in [1.165, 1.54) is 0 Å². The Morgan fingerprint density at radius 2 is 2.08 bits per heavy atom. The quantitative estimate of drug-likeness (QED) is 0.484. The summed E-state index contributed by atoms with van der Waals surface area (Å²) in [5.41, 5.74) is 2.61. The van der Waals surface area contributed by atoms with Gasteiger partial charge in [0, 0.05) is 24.5 Å². The van der Waals surface area contributed by atoms with E-state index in [1.807, 2.05) is 43.5 Å². The number of allylic oxidation sites excluding steroid dienone is 3. The highest BCUT2D eigenvalue weighted by Crippen LogP contribution is 2.09. The maximum absolute atomic E-state index is 12.2. The van der Waals surface area contributed by atoms with Crippen molar-refractivity contribution in [3.63, 3.8) is 0 Å². The van der Waals surface area contributed by atoms with E-state index >= 15 is 0 Å². The standard InChI is InChI=1S/C19H21N3O2/c1-3-17(7-4-5-14-24-2)19(23)20-15-16-8-10-18(11-9-16)22-13-6-12-21-22/h3-14H,15H2,1-2H3,(H,20,23)/b7-4-,14-5+,17-3+. The Balaban J connectivity index is 1.91. The summed E-state index contributed by atoms with van der Waals surface area (Å²) in [7, 11) is 1.57. The zero-order valence-electron chi connectivity index (χ0n) is 13.8. The Morgan fingerprint density at radius 1 is 1.29 bits per heavy atom. The summed E-state index contributed by atoms with van der Waals surface area (Å²) in [5.74, 6) is -0.115. The van der Waals surface area contributed by atoms with Crippen LogP contribution in [0.2, 0.25) is 0 Å². The lowest BCUT2D eigenvalue weighted by atomic mass is 10.2. The SMILES string of the molecule is C\C=C(/C=C\C=C\OC)C(=O)NCc1ccc(-n2cccn2)cc1. The minimum atomic E-state index is -0.115. The first-order chi connectivity index (χ1) is 11.7. The minimum Gasteiger partial charge on any atom is -0.504 e. The second kappa shape index (κ2) is 9.15. The van der Waals surface area contributed by atoms with E-state index in [0.717, 1.165) is 11.3 Å². The molecule has 0 atom stereocenters. The fourth-order valence-corrected chi connectivity index (χ4v) is 2.06. The van der Waals surface area contributed by atoms with Gasteiger partial charge < -0.3 is 10.1 Å². The molecule has 2 rings (SSSR count). The van der Waals surface area contributed by atoms with Crippen LogP contribution < -0.4 is 5.32 Å². The third-order valence-corrected chi connectivity index (χ3v) is 3.33. The molecule has 1 heterocycles. The van der Waals surface area contributed by atoms with Crippen molar-refractivity contribution >= 4 is 5.91 Å². The van der Waals surface area contributed by atoms with Gasteiger partial charge in [-0.25, -0.2) is 4.68 Å². The maximum Gasteiger partial charge on any atom is 0.251 e. The molecule has 0 saturated carbocycles. The van der Waals surface area contributed by atoms with E-state index in [9.17, 15) is 4.79 Å². The van der Waals surface area contributed by atoms with E-state index in [0.29, 0.717) is 12.1 Å². The van der Waals surface area contributed by atoms with Gasteiger partial charge in [0.15, 0.2) is 0 Å². The van der Waals surface area contributed by atoms with Crippen LogP contribution in [0.4, 0.5) is 0 Å². The van der Waals surface area contributed by atoms with Gasteiger partial charge in [-0.2, -0.15) is 5.10 Å². The normalized spacial score (nSPS) is 12.0. The Bertz CT molecular complexity index is 726. The molecular formula is C19H21N3O2. The molecule has 0 saturated heterocycles. The predicted octanol–water partition coefficient (Wildman–Crippen LogP) is 3.15. The fourth-order valence-electron chi connectivity index (χ4n) is 2.06. The van der Waals surface area contributed by atoms with Crippen molar-refractivity contribution in [2.45, 2.75) is 13.5 Å². The number of hydrogen-bond acceptors (Lipinski definition) is 3. The molecule has 24 heavy (non-hydrogen) atoms. The van der Waals surface area contributed by atoms with Gasteiger partial charge in [-0.1, -0.05) is 24.3 Å². The highest BCUT2D eigenvalue weighted by atomic mass is 16.5. The van der Waals surface area contributed by atoms with Crippen LogP contribution >= 0.6 is 0 Å². The van der Waals surface area contributed by atoms with Crippen molar-refractivity contribution in [3.8, 4) is 5.69 Å². The number of rotatable bonds is 7. The molecule has 124 valence electrons. The number of nitrogens with zero attached hydrogens (tertiary/aromatic N) is 2. The molecule has 0 aliphatic carbocycles. The van der Waals surface area contributed by atoms with Gasteiger partial charge in [0.25, 0.3) is 5.91 Å². The van der Waals surface area contributed by atoms with Gasteiger partial charge in [0.05, 0.1) is 19.1 Å². The summed E-state index contributed by atoms with van der Waals surface area (Å²) < 4.78 is 6.59. The minimum absolute atomic E-state index is 0.115. The first-order valence-corrected chi connectivity index (χ1v) is 7.64. The Hall–Kier alpha value is -3.08. The van der Waals surface area contributed by atoms with Crippen molar-refractivity contribution < 1.29 is 9.53 Å². The molecule has 0 aliphatic rings. The van der Waals surface area contributed by atoms with Crippen molar-refractivity contribution in [1.29, 1.82) is 0 Å². The van der Waals surface area contributed by atoms with E-state index in [-0.39, 0.29) is 5.91 Å². The number of carbonyl (C=O) groups is 1. The number of benzene rings is 1.